The lowest BCUT2D eigenvalue weighted by Gasteiger charge is -1.97. The first-order valence-corrected chi connectivity index (χ1v) is 4.17. The molecule has 1 heterocycles. The zero-order valence-electron chi connectivity index (χ0n) is 7.93. The molecule has 4 nitrogen and oxygen atoms in total. The number of nitrogens with zero attached hydrogens (tertiary/aromatic N) is 1. The summed E-state index contributed by atoms with van der Waals surface area (Å²) in [6.45, 7) is 0. The van der Waals surface area contributed by atoms with Crippen molar-refractivity contribution in [2.45, 2.75) is 6.42 Å². The third-order valence-corrected chi connectivity index (χ3v) is 1.60. The van der Waals surface area contributed by atoms with Gasteiger partial charge in [-0.25, -0.2) is 0 Å². The summed E-state index contributed by atoms with van der Waals surface area (Å²) in [6, 6.07) is 3.60. The molecule has 14 heavy (non-hydrogen) atoms. The minimum Gasteiger partial charge on any atom is -0.495 e. The maximum Gasteiger partial charge on any atom is 0.221 e. The smallest absolute Gasteiger partial charge is 0.221 e. The zero-order chi connectivity index (χ0) is 10.4. The van der Waals surface area contributed by atoms with Crippen molar-refractivity contribution >= 4 is 12.0 Å². The van der Waals surface area contributed by atoms with Crippen molar-refractivity contribution in [3.63, 3.8) is 0 Å². The second-order valence-corrected chi connectivity index (χ2v) is 2.70. The molecule has 0 bridgehead atoms. The van der Waals surface area contributed by atoms with Crippen molar-refractivity contribution in [3.8, 4) is 5.75 Å². The number of methoxy groups -OCH3 is 1. The highest BCUT2D eigenvalue weighted by Crippen LogP contribution is 2.08. The van der Waals surface area contributed by atoms with Gasteiger partial charge in [0.2, 0.25) is 5.91 Å². The van der Waals surface area contributed by atoms with Gasteiger partial charge in [0, 0.05) is 6.42 Å². The Balaban J connectivity index is 2.59. The van der Waals surface area contributed by atoms with E-state index in [1.807, 2.05) is 0 Å². The van der Waals surface area contributed by atoms with E-state index in [0.29, 0.717) is 5.75 Å². The number of hydrogen-bond donors (Lipinski definition) is 1. The summed E-state index contributed by atoms with van der Waals surface area (Å²) < 4.78 is 4.95. The quantitative estimate of drug-likeness (QED) is 0.773. The number of ether oxygens (including phenoxy) is 1. The third kappa shape index (κ3) is 3.26. The summed E-state index contributed by atoms with van der Waals surface area (Å²) >= 11 is 0. The highest BCUT2D eigenvalue weighted by atomic mass is 16.5. The molecule has 0 aliphatic heterocycles. The van der Waals surface area contributed by atoms with Crippen LogP contribution < -0.4 is 10.5 Å². The molecule has 0 spiro atoms. The number of nitrogens with two attached hydrogens (primary N) is 1. The summed E-state index contributed by atoms with van der Waals surface area (Å²) in [5.74, 6) is 0.354. The number of carbonyl (C=O) groups excluding carboxylic acids is 1. The van der Waals surface area contributed by atoms with E-state index < -0.39 is 0 Å². The van der Waals surface area contributed by atoms with Gasteiger partial charge in [0.1, 0.15) is 5.75 Å². The van der Waals surface area contributed by atoms with Crippen molar-refractivity contribution in [1.82, 2.24) is 4.98 Å². The minimum atomic E-state index is -0.352. The normalized spacial score (nSPS) is 10.4. The third-order valence-electron chi connectivity index (χ3n) is 1.60. The number of hydrogen-bond acceptors (Lipinski definition) is 3. The molecule has 0 radical (unpaired) electrons. The first-order valence-electron chi connectivity index (χ1n) is 4.17. The van der Waals surface area contributed by atoms with E-state index in [4.69, 9.17) is 10.5 Å². The summed E-state index contributed by atoms with van der Waals surface area (Å²) in [6.07, 6.45) is 5.26. The van der Waals surface area contributed by atoms with Crippen LogP contribution in [0.3, 0.4) is 0 Å². The van der Waals surface area contributed by atoms with Crippen LogP contribution in [0.4, 0.5) is 0 Å². The van der Waals surface area contributed by atoms with Crippen molar-refractivity contribution in [2.24, 2.45) is 5.73 Å². The topological polar surface area (TPSA) is 65.2 Å². The first kappa shape index (κ1) is 10.2. The predicted octanol–water partition coefficient (Wildman–Crippen LogP) is 0.979. The molecule has 1 aromatic rings. The van der Waals surface area contributed by atoms with Gasteiger partial charge in [0.25, 0.3) is 0 Å². The number of amides is 1. The van der Waals surface area contributed by atoms with Gasteiger partial charge in [-0.2, -0.15) is 0 Å². The first-order chi connectivity index (χ1) is 6.72. The molecule has 0 aromatic carbocycles. The van der Waals surface area contributed by atoms with Gasteiger partial charge in [-0.3, -0.25) is 9.78 Å². The number of aromatic nitrogens is 1. The molecule has 0 saturated heterocycles. The van der Waals surface area contributed by atoms with Gasteiger partial charge in [0.05, 0.1) is 19.0 Å². The van der Waals surface area contributed by atoms with Crippen LogP contribution in [-0.2, 0) is 4.79 Å². The van der Waals surface area contributed by atoms with E-state index in [0.717, 1.165) is 5.69 Å². The molecule has 1 rings (SSSR count). The monoisotopic (exact) mass is 192 g/mol. The van der Waals surface area contributed by atoms with Crippen molar-refractivity contribution in [1.29, 1.82) is 0 Å². The summed E-state index contributed by atoms with van der Waals surface area (Å²) in [5, 5.41) is 0. The van der Waals surface area contributed by atoms with Crippen molar-refractivity contribution < 1.29 is 9.53 Å². The Morgan fingerprint density at radius 2 is 2.43 bits per heavy atom. The second-order valence-electron chi connectivity index (χ2n) is 2.70. The van der Waals surface area contributed by atoms with Crippen LogP contribution in [0.5, 0.6) is 5.75 Å². The minimum absolute atomic E-state index is 0.230. The Labute approximate surface area is 82.4 Å². The summed E-state index contributed by atoms with van der Waals surface area (Å²) in [4.78, 5) is 14.5. The van der Waals surface area contributed by atoms with E-state index in [-0.39, 0.29) is 12.3 Å². The van der Waals surface area contributed by atoms with Gasteiger partial charge in [0.15, 0.2) is 0 Å². The molecule has 4 heteroatoms. The van der Waals surface area contributed by atoms with Crippen LogP contribution in [0.1, 0.15) is 12.1 Å². The van der Waals surface area contributed by atoms with E-state index in [2.05, 4.69) is 4.98 Å². The standard InChI is InChI=1S/C10H12N2O2/c1-14-9-6-5-8(12-7-9)3-2-4-10(11)13/h2-3,5-7H,4H2,1H3,(H2,11,13). The Morgan fingerprint density at radius 1 is 1.64 bits per heavy atom. The largest absolute Gasteiger partial charge is 0.495 e. The van der Waals surface area contributed by atoms with Crippen LogP contribution in [0.15, 0.2) is 24.4 Å². The maximum absolute atomic E-state index is 10.4. The molecule has 0 atom stereocenters. The number of carbonyl (C=O) groups is 1. The van der Waals surface area contributed by atoms with E-state index >= 15 is 0 Å². The Morgan fingerprint density at radius 3 is 2.93 bits per heavy atom. The van der Waals surface area contributed by atoms with E-state index in [1.165, 1.54) is 0 Å². The molecule has 0 aliphatic carbocycles. The average molecular weight is 192 g/mol. The van der Waals surface area contributed by atoms with Crippen LogP contribution in [0, 0.1) is 0 Å². The number of rotatable bonds is 4. The Kier molecular flexibility index (Phi) is 3.67. The highest BCUT2D eigenvalue weighted by molar-refractivity contribution is 5.76. The summed E-state index contributed by atoms with van der Waals surface area (Å²) in [5.41, 5.74) is 5.74. The van der Waals surface area contributed by atoms with Crippen LogP contribution >= 0.6 is 0 Å². The molecule has 1 amide bonds. The fourth-order valence-corrected chi connectivity index (χ4v) is 0.907. The average Bonchev–Trinajstić information content (AvgIpc) is 2.18. The van der Waals surface area contributed by atoms with E-state index in [9.17, 15) is 4.79 Å². The van der Waals surface area contributed by atoms with Crippen molar-refractivity contribution in [3.05, 3.63) is 30.1 Å². The fourth-order valence-electron chi connectivity index (χ4n) is 0.907. The molecular weight excluding hydrogens is 180 g/mol. The van der Waals surface area contributed by atoms with Gasteiger partial charge in [-0.05, 0) is 18.2 Å². The molecule has 1 aromatic heterocycles. The Bertz CT molecular complexity index is 330. The lowest BCUT2D eigenvalue weighted by atomic mass is 10.3. The van der Waals surface area contributed by atoms with Crippen LogP contribution in [-0.4, -0.2) is 18.0 Å². The molecule has 0 saturated carbocycles. The molecule has 0 unspecified atom stereocenters. The fraction of sp³-hybridized carbons (Fsp3) is 0.200. The molecule has 2 N–H and O–H groups in total. The molecular formula is C10H12N2O2. The summed E-state index contributed by atoms with van der Waals surface area (Å²) in [7, 11) is 1.58. The SMILES string of the molecule is COc1ccc(C=CCC(N)=O)nc1. The second kappa shape index (κ2) is 5.01. The lowest BCUT2D eigenvalue weighted by molar-refractivity contribution is -0.117. The van der Waals surface area contributed by atoms with Gasteiger partial charge < -0.3 is 10.5 Å². The molecule has 74 valence electrons. The van der Waals surface area contributed by atoms with Gasteiger partial charge in [-0.1, -0.05) is 6.08 Å². The predicted molar refractivity (Wildman–Crippen MR) is 53.6 cm³/mol. The Hall–Kier alpha value is -1.84. The van der Waals surface area contributed by atoms with Crippen LogP contribution in [0.2, 0.25) is 0 Å². The number of primary amides is 1. The number of pyridine rings is 1. The van der Waals surface area contributed by atoms with Gasteiger partial charge >= 0.3 is 0 Å². The lowest BCUT2D eigenvalue weighted by Crippen LogP contribution is -2.07. The highest BCUT2D eigenvalue weighted by Gasteiger charge is 1.92. The molecule has 0 fully saturated rings. The maximum atomic E-state index is 10.4. The van der Waals surface area contributed by atoms with Crippen molar-refractivity contribution in [2.75, 3.05) is 7.11 Å². The van der Waals surface area contributed by atoms with Gasteiger partial charge in [-0.15, -0.1) is 0 Å². The molecule has 0 aliphatic rings. The zero-order valence-corrected chi connectivity index (χ0v) is 7.93. The van der Waals surface area contributed by atoms with E-state index in [1.54, 1.807) is 37.6 Å². The van der Waals surface area contributed by atoms with Crippen LogP contribution in [0.25, 0.3) is 6.08 Å².